The third-order valence-electron chi connectivity index (χ3n) is 3.70. The van der Waals surface area contributed by atoms with Gasteiger partial charge in [0.05, 0.1) is 45.7 Å². The van der Waals surface area contributed by atoms with Crippen molar-refractivity contribution in [1.29, 1.82) is 0 Å². The molecule has 0 spiro atoms. The van der Waals surface area contributed by atoms with Crippen LogP contribution in [0, 0.1) is 5.92 Å². The highest BCUT2D eigenvalue weighted by molar-refractivity contribution is 5.77. The number of hydrogen-bond donors (Lipinski definition) is 4. The van der Waals surface area contributed by atoms with Crippen molar-refractivity contribution in [3.05, 3.63) is 0 Å². The zero-order chi connectivity index (χ0) is 15.7. The van der Waals surface area contributed by atoms with Gasteiger partial charge in [0.2, 0.25) is 5.91 Å². The first-order chi connectivity index (χ1) is 10.0. The summed E-state index contributed by atoms with van der Waals surface area (Å²) in [4.78, 5) is 11.6. The monoisotopic (exact) mass is 305 g/mol. The maximum Gasteiger partial charge on any atom is 0.222 e. The Morgan fingerprint density at radius 1 is 1.14 bits per heavy atom. The largest absolute Gasteiger partial charge is 0.394 e. The summed E-state index contributed by atoms with van der Waals surface area (Å²) in [5, 5.41) is 29.7. The van der Waals surface area contributed by atoms with Crippen LogP contribution >= 0.6 is 0 Å². The molecule has 1 fully saturated rings. The summed E-state index contributed by atoms with van der Waals surface area (Å²) >= 11 is 0. The SMILES string of the molecule is CC1CC(OCCOCCC(=O)NC(CO)(CO)CO)C1. The molecule has 1 saturated carbocycles. The smallest absolute Gasteiger partial charge is 0.222 e. The van der Waals surface area contributed by atoms with Crippen LogP contribution in [-0.4, -0.2) is 72.5 Å². The van der Waals surface area contributed by atoms with E-state index in [0.29, 0.717) is 19.3 Å². The molecule has 0 aromatic rings. The lowest BCUT2D eigenvalue weighted by Gasteiger charge is -2.32. The Kier molecular flexibility index (Phi) is 8.13. The summed E-state index contributed by atoms with van der Waals surface area (Å²) < 4.78 is 10.9. The van der Waals surface area contributed by atoms with E-state index < -0.39 is 25.4 Å². The molecule has 0 saturated heterocycles. The van der Waals surface area contributed by atoms with Crippen molar-refractivity contribution in [3.63, 3.8) is 0 Å². The fourth-order valence-corrected chi connectivity index (χ4v) is 2.13. The second-order valence-corrected chi connectivity index (χ2v) is 5.73. The molecule has 1 aliphatic carbocycles. The Morgan fingerprint density at radius 3 is 2.29 bits per heavy atom. The zero-order valence-corrected chi connectivity index (χ0v) is 12.6. The van der Waals surface area contributed by atoms with Crippen LogP contribution in [0.5, 0.6) is 0 Å². The number of rotatable bonds is 11. The lowest BCUT2D eigenvalue weighted by atomic mass is 9.84. The van der Waals surface area contributed by atoms with Crippen molar-refractivity contribution in [2.75, 3.05) is 39.6 Å². The molecule has 0 radical (unpaired) electrons. The minimum atomic E-state index is -1.37. The molecular weight excluding hydrogens is 278 g/mol. The zero-order valence-electron chi connectivity index (χ0n) is 12.6. The van der Waals surface area contributed by atoms with Crippen LogP contribution < -0.4 is 5.32 Å². The van der Waals surface area contributed by atoms with Crippen LogP contribution in [-0.2, 0) is 14.3 Å². The summed E-state index contributed by atoms with van der Waals surface area (Å²) in [6, 6.07) is 0. The highest BCUT2D eigenvalue weighted by atomic mass is 16.5. The molecule has 0 atom stereocenters. The van der Waals surface area contributed by atoms with Crippen LogP contribution in [0.1, 0.15) is 26.2 Å². The van der Waals surface area contributed by atoms with E-state index in [0.717, 1.165) is 18.8 Å². The summed E-state index contributed by atoms with van der Waals surface area (Å²) in [7, 11) is 0. The Morgan fingerprint density at radius 2 is 1.76 bits per heavy atom. The van der Waals surface area contributed by atoms with E-state index in [4.69, 9.17) is 24.8 Å². The molecule has 0 aromatic carbocycles. The fraction of sp³-hybridized carbons (Fsp3) is 0.929. The third kappa shape index (κ3) is 6.27. The number of carbonyl (C=O) groups excluding carboxylic acids is 1. The molecule has 0 heterocycles. The molecule has 21 heavy (non-hydrogen) atoms. The van der Waals surface area contributed by atoms with Gasteiger partial charge in [-0.2, -0.15) is 0 Å². The maximum atomic E-state index is 11.6. The van der Waals surface area contributed by atoms with Gasteiger partial charge in [-0.3, -0.25) is 4.79 Å². The molecule has 0 unspecified atom stereocenters. The molecule has 0 aromatic heterocycles. The number of ether oxygens (including phenoxy) is 2. The van der Waals surface area contributed by atoms with Gasteiger partial charge in [-0.05, 0) is 18.8 Å². The molecule has 1 rings (SSSR count). The molecule has 124 valence electrons. The molecule has 1 aliphatic rings. The van der Waals surface area contributed by atoms with Crippen molar-refractivity contribution in [2.45, 2.75) is 37.8 Å². The van der Waals surface area contributed by atoms with Crippen molar-refractivity contribution in [1.82, 2.24) is 5.32 Å². The van der Waals surface area contributed by atoms with Crippen LogP contribution in [0.4, 0.5) is 0 Å². The molecular formula is C14H27NO6. The van der Waals surface area contributed by atoms with E-state index in [1.165, 1.54) is 0 Å². The first kappa shape index (κ1) is 18.3. The lowest BCUT2D eigenvalue weighted by Crippen LogP contribution is -2.57. The topological polar surface area (TPSA) is 108 Å². The van der Waals surface area contributed by atoms with E-state index in [9.17, 15) is 4.79 Å². The summed E-state index contributed by atoms with van der Waals surface area (Å²) in [6.07, 6.45) is 2.66. The second-order valence-electron chi connectivity index (χ2n) is 5.73. The number of aliphatic hydroxyl groups excluding tert-OH is 3. The summed E-state index contributed by atoms with van der Waals surface area (Å²) in [5.41, 5.74) is -1.37. The predicted molar refractivity (Wildman–Crippen MR) is 75.7 cm³/mol. The minimum Gasteiger partial charge on any atom is -0.394 e. The van der Waals surface area contributed by atoms with Gasteiger partial charge in [0.1, 0.15) is 5.54 Å². The fourth-order valence-electron chi connectivity index (χ4n) is 2.13. The second kappa shape index (κ2) is 9.32. The number of nitrogens with one attached hydrogen (secondary N) is 1. The van der Waals surface area contributed by atoms with Crippen molar-refractivity contribution < 1.29 is 29.6 Å². The Bertz CT molecular complexity index is 294. The van der Waals surface area contributed by atoms with Gasteiger partial charge >= 0.3 is 0 Å². The standard InChI is InChI=1S/C14H27NO6/c1-11-6-12(7-11)21-5-4-20-3-2-13(19)15-14(8-16,9-17)10-18/h11-12,16-18H,2-10H2,1H3,(H,15,19). The first-order valence-corrected chi connectivity index (χ1v) is 7.38. The van der Waals surface area contributed by atoms with Crippen LogP contribution in [0.3, 0.4) is 0 Å². The lowest BCUT2D eigenvalue weighted by molar-refractivity contribution is -0.126. The number of hydrogen-bond acceptors (Lipinski definition) is 6. The number of amides is 1. The van der Waals surface area contributed by atoms with E-state index >= 15 is 0 Å². The van der Waals surface area contributed by atoms with Crippen molar-refractivity contribution >= 4 is 5.91 Å². The third-order valence-corrected chi connectivity index (χ3v) is 3.70. The Hall–Kier alpha value is -0.730. The average molecular weight is 305 g/mol. The molecule has 7 nitrogen and oxygen atoms in total. The molecule has 0 aliphatic heterocycles. The first-order valence-electron chi connectivity index (χ1n) is 7.38. The van der Waals surface area contributed by atoms with Gasteiger partial charge in [-0.1, -0.05) is 6.92 Å². The van der Waals surface area contributed by atoms with Crippen LogP contribution in [0.2, 0.25) is 0 Å². The van der Waals surface area contributed by atoms with Crippen molar-refractivity contribution in [3.8, 4) is 0 Å². The van der Waals surface area contributed by atoms with Crippen LogP contribution in [0.15, 0.2) is 0 Å². The van der Waals surface area contributed by atoms with Crippen LogP contribution in [0.25, 0.3) is 0 Å². The molecule has 0 bridgehead atoms. The van der Waals surface area contributed by atoms with Gasteiger partial charge < -0.3 is 30.1 Å². The normalized spacial score (nSPS) is 21.9. The Labute approximate surface area is 125 Å². The van der Waals surface area contributed by atoms with Crippen molar-refractivity contribution in [2.24, 2.45) is 5.92 Å². The van der Waals surface area contributed by atoms with Gasteiger partial charge in [-0.25, -0.2) is 0 Å². The average Bonchev–Trinajstić information content (AvgIpc) is 2.46. The van der Waals surface area contributed by atoms with E-state index in [1.54, 1.807) is 0 Å². The molecule has 1 amide bonds. The molecule has 7 heteroatoms. The quantitative estimate of drug-likeness (QED) is 0.366. The maximum absolute atomic E-state index is 11.6. The number of aliphatic hydroxyl groups is 3. The van der Waals surface area contributed by atoms with Gasteiger partial charge in [0, 0.05) is 6.42 Å². The van der Waals surface area contributed by atoms with E-state index in [1.807, 2.05) is 0 Å². The highest BCUT2D eigenvalue weighted by Gasteiger charge is 2.29. The minimum absolute atomic E-state index is 0.0994. The molecule has 4 N–H and O–H groups in total. The van der Waals surface area contributed by atoms with Gasteiger partial charge in [-0.15, -0.1) is 0 Å². The number of carbonyl (C=O) groups is 1. The highest BCUT2D eigenvalue weighted by Crippen LogP contribution is 2.28. The Balaban J connectivity index is 2.02. The van der Waals surface area contributed by atoms with E-state index in [2.05, 4.69) is 12.2 Å². The summed E-state index contributed by atoms with van der Waals surface area (Å²) in [5.74, 6) is 0.366. The predicted octanol–water partition coefficient (Wildman–Crippen LogP) is -0.960. The van der Waals surface area contributed by atoms with Gasteiger partial charge in [0.25, 0.3) is 0 Å². The van der Waals surface area contributed by atoms with E-state index in [-0.39, 0.29) is 18.9 Å². The van der Waals surface area contributed by atoms with Gasteiger partial charge in [0.15, 0.2) is 0 Å². The summed E-state index contributed by atoms with van der Waals surface area (Å²) in [6.45, 7) is 1.80.